The number of methoxy groups -OCH3 is 3. The molecule has 0 heterocycles. The standard InChI is InChI=1S/C18H18O6/c1-21-14-7-4-12(5-8-14)15(19)11-24-16-9-6-13(18(20)23-3)10-17(16)22-2/h4-10H,11H2,1-3H3. The van der Waals surface area contributed by atoms with Gasteiger partial charge in [-0.2, -0.15) is 0 Å². The molecule has 0 saturated heterocycles. The zero-order chi connectivity index (χ0) is 17.5. The van der Waals surface area contributed by atoms with E-state index in [2.05, 4.69) is 4.74 Å². The second-order valence-corrected chi connectivity index (χ2v) is 4.80. The van der Waals surface area contributed by atoms with Crippen molar-refractivity contribution in [2.24, 2.45) is 0 Å². The second kappa shape index (κ2) is 8.01. The van der Waals surface area contributed by atoms with E-state index in [0.29, 0.717) is 28.4 Å². The minimum atomic E-state index is -0.478. The van der Waals surface area contributed by atoms with E-state index in [9.17, 15) is 9.59 Å². The molecule has 0 saturated carbocycles. The molecule has 0 aromatic heterocycles. The molecule has 0 amide bonds. The summed E-state index contributed by atoms with van der Waals surface area (Å²) in [6.45, 7) is -0.153. The molecular formula is C18H18O6. The van der Waals surface area contributed by atoms with Gasteiger partial charge in [-0.15, -0.1) is 0 Å². The Hall–Kier alpha value is -3.02. The Balaban J connectivity index is 2.07. The van der Waals surface area contributed by atoms with Crippen molar-refractivity contribution in [2.45, 2.75) is 0 Å². The SMILES string of the molecule is COC(=O)c1ccc(OCC(=O)c2ccc(OC)cc2)c(OC)c1. The molecule has 6 nitrogen and oxygen atoms in total. The minimum Gasteiger partial charge on any atom is -0.497 e. The van der Waals surface area contributed by atoms with Crippen molar-refractivity contribution in [3.05, 3.63) is 53.6 Å². The third-order valence-electron chi connectivity index (χ3n) is 3.36. The van der Waals surface area contributed by atoms with Gasteiger partial charge in [0.05, 0.1) is 26.9 Å². The Bertz CT molecular complexity index is 721. The van der Waals surface area contributed by atoms with Crippen LogP contribution in [-0.2, 0) is 4.74 Å². The van der Waals surface area contributed by atoms with E-state index in [1.165, 1.54) is 20.3 Å². The van der Waals surface area contributed by atoms with Crippen molar-refractivity contribution < 1.29 is 28.5 Å². The smallest absolute Gasteiger partial charge is 0.337 e. The van der Waals surface area contributed by atoms with Crippen LogP contribution in [0.5, 0.6) is 17.2 Å². The Morgan fingerprint density at radius 2 is 1.50 bits per heavy atom. The first-order chi connectivity index (χ1) is 11.6. The van der Waals surface area contributed by atoms with Gasteiger partial charge < -0.3 is 18.9 Å². The van der Waals surface area contributed by atoms with E-state index in [0.717, 1.165) is 0 Å². The Kier molecular flexibility index (Phi) is 5.78. The first kappa shape index (κ1) is 17.3. The summed E-state index contributed by atoms with van der Waals surface area (Å²) in [5.41, 5.74) is 0.851. The first-order valence-corrected chi connectivity index (χ1v) is 7.15. The predicted octanol–water partition coefficient (Wildman–Crippen LogP) is 2.75. The van der Waals surface area contributed by atoms with E-state index in [-0.39, 0.29) is 12.4 Å². The van der Waals surface area contributed by atoms with E-state index in [1.54, 1.807) is 43.5 Å². The predicted molar refractivity (Wildman–Crippen MR) is 87.2 cm³/mol. The lowest BCUT2D eigenvalue weighted by molar-refractivity contribution is 0.0600. The van der Waals surface area contributed by atoms with Crippen molar-refractivity contribution >= 4 is 11.8 Å². The van der Waals surface area contributed by atoms with E-state index in [1.807, 2.05) is 0 Å². The molecule has 2 aromatic carbocycles. The lowest BCUT2D eigenvalue weighted by atomic mass is 10.1. The van der Waals surface area contributed by atoms with Crippen molar-refractivity contribution in [3.8, 4) is 17.2 Å². The van der Waals surface area contributed by atoms with Crippen LogP contribution in [0, 0.1) is 0 Å². The first-order valence-electron chi connectivity index (χ1n) is 7.15. The molecular weight excluding hydrogens is 312 g/mol. The summed E-state index contributed by atoms with van der Waals surface area (Å²) in [4.78, 5) is 23.7. The molecule has 2 aromatic rings. The maximum absolute atomic E-state index is 12.2. The largest absolute Gasteiger partial charge is 0.497 e. The monoisotopic (exact) mass is 330 g/mol. The number of rotatable bonds is 7. The summed E-state index contributed by atoms with van der Waals surface area (Å²) < 4.78 is 20.4. The fourth-order valence-electron chi connectivity index (χ4n) is 2.04. The van der Waals surface area contributed by atoms with Gasteiger partial charge in [0.1, 0.15) is 5.75 Å². The average molecular weight is 330 g/mol. The second-order valence-electron chi connectivity index (χ2n) is 4.80. The zero-order valence-electron chi connectivity index (χ0n) is 13.7. The molecule has 0 spiro atoms. The van der Waals surface area contributed by atoms with Gasteiger partial charge in [-0.3, -0.25) is 4.79 Å². The fourth-order valence-corrected chi connectivity index (χ4v) is 2.04. The number of hydrogen-bond donors (Lipinski definition) is 0. The minimum absolute atomic E-state index is 0.153. The number of carbonyl (C=O) groups excluding carboxylic acids is 2. The molecule has 6 heteroatoms. The summed E-state index contributed by atoms with van der Waals surface area (Å²) in [7, 11) is 4.31. The van der Waals surface area contributed by atoms with Crippen LogP contribution in [0.4, 0.5) is 0 Å². The molecule has 0 aliphatic rings. The van der Waals surface area contributed by atoms with Gasteiger partial charge in [0.2, 0.25) is 0 Å². The quantitative estimate of drug-likeness (QED) is 0.574. The number of ketones is 1. The average Bonchev–Trinajstić information content (AvgIpc) is 2.65. The zero-order valence-corrected chi connectivity index (χ0v) is 13.7. The lowest BCUT2D eigenvalue weighted by Crippen LogP contribution is -2.12. The summed E-state index contributed by atoms with van der Waals surface area (Å²) in [6.07, 6.45) is 0. The Morgan fingerprint density at radius 1 is 0.833 bits per heavy atom. The van der Waals surface area contributed by atoms with Gasteiger partial charge in [-0.25, -0.2) is 4.79 Å². The van der Waals surface area contributed by atoms with Crippen LogP contribution in [0.15, 0.2) is 42.5 Å². The van der Waals surface area contributed by atoms with Crippen molar-refractivity contribution in [2.75, 3.05) is 27.9 Å². The summed E-state index contributed by atoms with van der Waals surface area (Å²) in [5, 5.41) is 0. The highest BCUT2D eigenvalue weighted by Crippen LogP contribution is 2.28. The van der Waals surface area contributed by atoms with Crippen LogP contribution in [-0.4, -0.2) is 39.7 Å². The topological polar surface area (TPSA) is 71.1 Å². The maximum atomic E-state index is 12.2. The molecule has 0 aliphatic heterocycles. The Morgan fingerprint density at radius 3 is 2.08 bits per heavy atom. The van der Waals surface area contributed by atoms with Crippen molar-refractivity contribution in [1.82, 2.24) is 0 Å². The van der Waals surface area contributed by atoms with Crippen molar-refractivity contribution in [3.63, 3.8) is 0 Å². The molecule has 0 atom stereocenters. The van der Waals surface area contributed by atoms with E-state index < -0.39 is 5.97 Å². The van der Waals surface area contributed by atoms with Crippen LogP contribution in [0.25, 0.3) is 0 Å². The van der Waals surface area contributed by atoms with Gasteiger partial charge in [-0.05, 0) is 42.5 Å². The molecule has 2 rings (SSSR count). The lowest BCUT2D eigenvalue weighted by Gasteiger charge is -2.11. The third kappa shape index (κ3) is 4.04. The summed E-state index contributed by atoms with van der Waals surface area (Å²) in [6, 6.07) is 11.4. The van der Waals surface area contributed by atoms with Crippen LogP contribution < -0.4 is 14.2 Å². The molecule has 0 fully saturated rings. The van der Waals surface area contributed by atoms with Gasteiger partial charge in [-0.1, -0.05) is 0 Å². The van der Waals surface area contributed by atoms with Gasteiger partial charge in [0.15, 0.2) is 23.9 Å². The van der Waals surface area contributed by atoms with Crippen LogP contribution in [0.3, 0.4) is 0 Å². The number of Topliss-reactive ketones (excluding diaryl/α,β-unsaturated/α-hetero) is 1. The summed E-state index contributed by atoms with van der Waals surface area (Å²) in [5.74, 6) is 0.728. The molecule has 0 N–H and O–H groups in total. The van der Waals surface area contributed by atoms with E-state index >= 15 is 0 Å². The van der Waals surface area contributed by atoms with Gasteiger partial charge >= 0.3 is 5.97 Å². The third-order valence-corrected chi connectivity index (χ3v) is 3.36. The van der Waals surface area contributed by atoms with Crippen LogP contribution >= 0.6 is 0 Å². The number of benzene rings is 2. The van der Waals surface area contributed by atoms with E-state index in [4.69, 9.17) is 14.2 Å². The summed E-state index contributed by atoms with van der Waals surface area (Å²) >= 11 is 0. The number of carbonyl (C=O) groups is 2. The van der Waals surface area contributed by atoms with Crippen LogP contribution in [0.1, 0.15) is 20.7 Å². The maximum Gasteiger partial charge on any atom is 0.337 e. The highest BCUT2D eigenvalue weighted by Gasteiger charge is 2.13. The molecule has 126 valence electrons. The highest BCUT2D eigenvalue weighted by atomic mass is 16.5. The van der Waals surface area contributed by atoms with Crippen LogP contribution in [0.2, 0.25) is 0 Å². The highest BCUT2D eigenvalue weighted by molar-refractivity contribution is 5.97. The number of ether oxygens (including phenoxy) is 4. The van der Waals surface area contributed by atoms with Gasteiger partial charge in [0.25, 0.3) is 0 Å². The molecule has 24 heavy (non-hydrogen) atoms. The molecule has 0 unspecified atom stereocenters. The Labute approximate surface area is 139 Å². The molecule has 0 radical (unpaired) electrons. The van der Waals surface area contributed by atoms with Crippen molar-refractivity contribution in [1.29, 1.82) is 0 Å². The molecule has 0 bridgehead atoms. The normalized spacial score (nSPS) is 9.96. The van der Waals surface area contributed by atoms with Gasteiger partial charge in [0, 0.05) is 5.56 Å². The number of hydrogen-bond acceptors (Lipinski definition) is 6. The molecule has 0 aliphatic carbocycles. The number of esters is 1. The fraction of sp³-hybridized carbons (Fsp3) is 0.222.